The molecule has 0 atom stereocenters. The molecule has 0 radical (unpaired) electrons. The molecule has 8 nitrogen and oxygen atoms in total. The van der Waals surface area contributed by atoms with Gasteiger partial charge in [0.2, 0.25) is 0 Å². The van der Waals surface area contributed by atoms with E-state index in [1.54, 1.807) is 18.2 Å². The third-order valence-electron chi connectivity index (χ3n) is 3.10. The Hall–Kier alpha value is -3.16. The zero-order valence-corrected chi connectivity index (χ0v) is 12.6. The molecular formula is C15H15N3O5. The number of benzene rings is 1. The zero-order valence-electron chi connectivity index (χ0n) is 12.6. The Balaban J connectivity index is 2.11. The fourth-order valence-corrected chi connectivity index (χ4v) is 1.93. The van der Waals surface area contributed by atoms with Gasteiger partial charge in [-0.3, -0.25) is 10.1 Å². The summed E-state index contributed by atoms with van der Waals surface area (Å²) < 4.78 is 9.84. The minimum absolute atomic E-state index is 0.0759. The SMILES string of the molecule is COC(=O)c1cc(CNc2ccc([N+](=O)[O-])cn2)ccc1OC. The molecule has 0 aliphatic heterocycles. The number of methoxy groups -OCH3 is 2. The summed E-state index contributed by atoms with van der Waals surface area (Å²) in [4.78, 5) is 25.7. The van der Waals surface area contributed by atoms with Gasteiger partial charge in [-0.25, -0.2) is 9.78 Å². The summed E-state index contributed by atoms with van der Waals surface area (Å²) in [6.45, 7) is 0.388. The molecule has 0 aliphatic carbocycles. The number of nitro groups is 1. The van der Waals surface area contributed by atoms with Gasteiger partial charge in [-0.2, -0.15) is 0 Å². The molecule has 23 heavy (non-hydrogen) atoms. The Morgan fingerprint density at radius 3 is 2.65 bits per heavy atom. The monoisotopic (exact) mass is 317 g/mol. The summed E-state index contributed by atoms with van der Waals surface area (Å²) in [6.07, 6.45) is 1.18. The van der Waals surface area contributed by atoms with Crippen LogP contribution in [0.15, 0.2) is 36.5 Å². The molecule has 0 bridgehead atoms. The lowest BCUT2D eigenvalue weighted by Crippen LogP contribution is -2.07. The van der Waals surface area contributed by atoms with Gasteiger partial charge in [-0.05, 0) is 23.8 Å². The van der Waals surface area contributed by atoms with Crippen molar-refractivity contribution in [3.8, 4) is 5.75 Å². The van der Waals surface area contributed by atoms with Gasteiger partial charge < -0.3 is 14.8 Å². The number of nitrogens with zero attached hydrogens (tertiary/aromatic N) is 2. The van der Waals surface area contributed by atoms with Crippen molar-refractivity contribution in [1.82, 2.24) is 4.98 Å². The van der Waals surface area contributed by atoms with Crippen molar-refractivity contribution in [1.29, 1.82) is 0 Å². The number of hydrogen-bond acceptors (Lipinski definition) is 7. The topological polar surface area (TPSA) is 104 Å². The van der Waals surface area contributed by atoms with E-state index in [-0.39, 0.29) is 5.69 Å². The van der Waals surface area contributed by atoms with E-state index in [0.29, 0.717) is 23.7 Å². The molecule has 0 unspecified atom stereocenters. The molecule has 120 valence electrons. The summed E-state index contributed by atoms with van der Waals surface area (Å²) in [5.74, 6) is 0.428. The van der Waals surface area contributed by atoms with E-state index < -0.39 is 10.9 Å². The molecule has 0 spiro atoms. The number of rotatable bonds is 6. The predicted molar refractivity (Wildman–Crippen MR) is 82.6 cm³/mol. The fraction of sp³-hybridized carbons (Fsp3) is 0.200. The second-order valence-corrected chi connectivity index (χ2v) is 4.54. The molecule has 0 saturated carbocycles. The Labute approximate surface area is 132 Å². The zero-order chi connectivity index (χ0) is 16.8. The first-order valence-corrected chi connectivity index (χ1v) is 6.64. The summed E-state index contributed by atoms with van der Waals surface area (Å²) in [6, 6.07) is 8.01. The summed E-state index contributed by atoms with van der Waals surface area (Å²) in [7, 11) is 2.77. The lowest BCUT2D eigenvalue weighted by atomic mass is 10.1. The van der Waals surface area contributed by atoms with Crippen molar-refractivity contribution in [2.45, 2.75) is 6.54 Å². The minimum atomic E-state index is -0.511. The third-order valence-corrected chi connectivity index (χ3v) is 3.10. The first-order chi connectivity index (χ1) is 11.0. The minimum Gasteiger partial charge on any atom is -0.496 e. The maximum Gasteiger partial charge on any atom is 0.341 e. The number of anilines is 1. The lowest BCUT2D eigenvalue weighted by molar-refractivity contribution is -0.385. The predicted octanol–water partition coefficient (Wildman–Crippen LogP) is 2.40. The van der Waals surface area contributed by atoms with Crippen LogP contribution in [0, 0.1) is 10.1 Å². The lowest BCUT2D eigenvalue weighted by Gasteiger charge is -2.10. The quantitative estimate of drug-likeness (QED) is 0.495. The van der Waals surface area contributed by atoms with E-state index in [1.165, 1.54) is 32.5 Å². The van der Waals surface area contributed by atoms with E-state index in [9.17, 15) is 14.9 Å². The van der Waals surface area contributed by atoms with Crippen LogP contribution in [0.2, 0.25) is 0 Å². The molecule has 1 N–H and O–H groups in total. The normalized spacial score (nSPS) is 10.0. The number of ether oxygens (including phenoxy) is 2. The Morgan fingerprint density at radius 1 is 1.30 bits per heavy atom. The molecule has 1 aromatic heterocycles. The highest BCUT2D eigenvalue weighted by molar-refractivity contribution is 5.92. The van der Waals surface area contributed by atoms with Gasteiger partial charge in [-0.1, -0.05) is 6.07 Å². The third kappa shape index (κ3) is 3.94. The van der Waals surface area contributed by atoms with Crippen molar-refractivity contribution < 1.29 is 19.2 Å². The Bertz CT molecular complexity index is 716. The molecule has 2 aromatic rings. The first-order valence-electron chi connectivity index (χ1n) is 6.64. The highest BCUT2D eigenvalue weighted by Crippen LogP contribution is 2.21. The molecule has 0 fully saturated rings. The molecular weight excluding hydrogens is 302 g/mol. The molecule has 8 heteroatoms. The average Bonchev–Trinajstić information content (AvgIpc) is 2.59. The fourth-order valence-electron chi connectivity index (χ4n) is 1.93. The van der Waals surface area contributed by atoms with Crippen LogP contribution in [0.3, 0.4) is 0 Å². The maximum atomic E-state index is 11.7. The molecule has 0 saturated heterocycles. The molecule has 0 amide bonds. The highest BCUT2D eigenvalue weighted by Gasteiger charge is 2.13. The molecule has 1 heterocycles. The standard InChI is InChI=1S/C15H15N3O5/c1-22-13-5-3-10(7-12(13)15(19)23-2)8-16-14-6-4-11(9-17-14)18(20)21/h3-7,9H,8H2,1-2H3,(H,16,17). The Morgan fingerprint density at radius 2 is 2.09 bits per heavy atom. The van der Waals surface area contributed by atoms with Crippen molar-refractivity contribution in [3.05, 3.63) is 57.8 Å². The first kappa shape index (κ1) is 16.2. The van der Waals surface area contributed by atoms with E-state index in [2.05, 4.69) is 10.3 Å². The summed E-state index contributed by atoms with van der Waals surface area (Å²) in [5.41, 5.74) is 1.06. The average molecular weight is 317 g/mol. The number of carbonyl (C=O) groups is 1. The van der Waals surface area contributed by atoms with Crippen molar-refractivity contribution in [3.63, 3.8) is 0 Å². The van der Waals surface area contributed by atoms with Gasteiger partial charge in [-0.15, -0.1) is 0 Å². The second kappa shape index (κ2) is 7.21. The van der Waals surface area contributed by atoms with Crippen molar-refractivity contribution in [2.75, 3.05) is 19.5 Å². The van der Waals surface area contributed by atoms with Crippen molar-refractivity contribution in [2.24, 2.45) is 0 Å². The largest absolute Gasteiger partial charge is 0.496 e. The van der Waals surface area contributed by atoms with Crippen LogP contribution in [0.25, 0.3) is 0 Å². The van der Waals surface area contributed by atoms with Gasteiger partial charge in [0.05, 0.1) is 19.1 Å². The van der Waals surface area contributed by atoms with Gasteiger partial charge in [0, 0.05) is 12.6 Å². The molecule has 0 aliphatic rings. The van der Waals surface area contributed by atoms with Gasteiger partial charge >= 0.3 is 5.97 Å². The maximum absolute atomic E-state index is 11.7. The van der Waals surface area contributed by atoms with Crippen LogP contribution in [-0.4, -0.2) is 30.1 Å². The van der Waals surface area contributed by atoms with Crippen LogP contribution in [0.4, 0.5) is 11.5 Å². The summed E-state index contributed by atoms with van der Waals surface area (Å²) in [5, 5.41) is 13.6. The number of hydrogen-bond donors (Lipinski definition) is 1. The van der Waals surface area contributed by atoms with Crippen LogP contribution in [0.5, 0.6) is 5.75 Å². The van der Waals surface area contributed by atoms with Crippen LogP contribution >= 0.6 is 0 Å². The van der Waals surface area contributed by atoms with E-state index in [0.717, 1.165) is 5.56 Å². The van der Waals surface area contributed by atoms with E-state index in [4.69, 9.17) is 9.47 Å². The van der Waals surface area contributed by atoms with Gasteiger partial charge in [0.1, 0.15) is 23.3 Å². The van der Waals surface area contributed by atoms with Crippen molar-refractivity contribution >= 4 is 17.5 Å². The number of carbonyl (C=O) groups excluding carboxylic acids is 1. The summed E-state index contributed by atoms with van der Waals surface area (Å²) >= 11 is 0. The second-order valence-electron chi connectivity index (χ2n) is 4.54. The van der Waals surface area contributed by atoms with Gasteiger partial charge in [0.15, 0.2) is 0 Å². The molecule has 2 rings (SSSR count). The van der Waals surface area contributed by atoms with Crippen LogP contribution in [0.1, 0.15) is 15.9 Å². The Kier molecular flexibility index (Phi) is 5.08. The van der Waals surface area contributed by atoms with Crippen LogP contribution in [-0.2, 0) is 11.3 Å². The number of nitrogens with one attached hydrogen (secondary N) is 1. The number of pyridine rings is 1. The number of esters is 1. The number of aromatic nitrogens is 1. The highest BCUT2D eigenvalue weighted by atomic mass is 16.6. The van der Waals surface area contributed by atoms with E-state index in [1.807, 2.05) is 0 Å². The molecule has 1 aromatic carbocycles. The van der Waals surface area contributed by atoms with E-state index >= 15 is 0 Å². The van der Waals surface area contributed by atoms with Crippen LogP contribution < -0.4 is 10.1 Å². The smallest absolute Gasteiger partial charge is 0.341 e. The van der Waals surface area contributed by atoms with Gasteiger partial charge in [0.25, 0.3) is 5.69 Å².